The number of benzene rings is 2. The molecule has 1 N–H and O–H groups in total. The highest BCUT2D eigenvalue weighted by Gasteiger charge is 2.05. The van der Waals surface area contributed by atoms with Crippen molar-refractivity contribution in [2.45, 2.75) is 13.8 Å². The van der Waals surface area contributed by atoms with E-state index in [4.69, 9.17) is 4.74 Å². The second-order valence-electron chi connectivity index (χ2n) is 5.90. The molecule has 0 aliphatic heterocycles. The summed E-state index contributed by atoms with van der Waals surface area (Å²) < 4.78 is 5.27. The van der Waals surface area contributed by atoms with Crippen molar-refractivity contribution in [3.05, 3.63) is 59.5 Å². The van der Waals surface area contributed by atoms with E-state index in [-0.39, 0.29) is 0 Å². The Bertz CT molecular complexity index is 885. The summed E-state index contributed by atoms with van der Waals surface area (Å²) in [6, 6.07) is 16.3. The summed E-state index contributed by atoms with van der Waals surface area (Å²) in [7, 11) is 1.66. The van der Waals surface area contributed by atoms with Crippen molar-refractivity contribution in [3.8, 4) is 17.0 Å². The van der Waals surface area contributed by atoms with Crippen molar-refractivity contribution in [2.75, 3.05) is 30.5 Å². The molecule has 3 aromatic rings. The van der Waals surface area contributed by atoms with Crippen LogP contribution in [0.4, 0.5) is 10.8 Å². The lowest BCUT2D eigenvalue weighted by Gasteiger charge is -2.20. The Morgan fingerprint density at radius 3 is 2.63 bits per heavy atom. The Balaban J connectivity index is 1.62. The smallest absolute Gasteiger partial charge is 0.203 e. The maximum atomic E-state index is 5.27. The molecule has 1 heterocycles. The predicted molar refractivity (Wildman–Crippen MR) is 115 cm³/mol. The number of hydrogen-bond donors (Lipinski definition) is 1. The molecule has 1 aromatic heterocycles. The van der Waals surface area contributed by atoms with Crippen LogP contribution in [0, 0.1) is 0 Å². The normalized spacial score (nSPS) is 10.9. The van der Waals surface area contributed by atoms with E-state index in [1.54, 1.807) is 13.3 Å². The van der Waals surface area contributed by atoms with E-state index in [9.17, 15) is 0 Å². The summed E-state index contributed by atoms with van der Waals surface area (Å²) >= 11 is 1.52. The summed E-state index contributed by atoms with van der Waals surface area (Å²) in [5.41, 5.74) is 7.21. The Kier molecular flexibility index (Phi) is 6.44. The van der Waals surface area contributed by atoms with Gasteiger partial charge in [-0.2, -0.15) is 5.10 Å². The second kappa shape index (κ2) is 9.19. The number of hydrazone groups is 1. The molecule has 0 unspecified atom stereocenters. The maximum Gasteiger partial charge on any atom is 0.203 e. The highest BCUT2D eigenvalue weighted by molar-refractivity contribution is 7.14. The SMILES string of the molecule is CCN(CC)c1ccc(/C=N\Nc2nc(-c3cccc(OC)c3)cs2)cc1. The molecule has 0 saturated heterocycles. The number of nitrogens with zero attached hydrogens (tertiary/aromatic N) is 3. The van der Waals surface area contributed by atoms with Crippen molar-refractivity contribution < 1.29 is 4.74 Å². The van der Waals surface area contributed by atoms with Crippen molar-refractivity contribution in [3.63, 3.8) is 0 Å². The molecular weight excluding hydrogens is 356 g/mol. The molecule has 0 fully saturated rings. The fraction of sp³-hybridized carbons (Fsp3) is 0.238. The van der Waals surface area contributed by atoms with Gasteiger partial charge in [0.1, 0.15) is 5.75 Å². The number of nitrogens with one attached hydrogen (secondary N) is 1. The number of aromatic nitrogens is 1. The molecular formula is C21H24N4OS. The standard InChI is InChI=1S/C21H24N4OS/c1-4-25(5-2)18-11-9-16(10-12-18)14-22-24-21-23-20(15-27-21)17-7-6-8-19(13-17)26-3/h6-15H,4-5H2,1-3H3,(H,23,24)/b22-14-. The predicted octanol–water partition coefficient (Wildman–Crippen LogP) is 5.11. The third-order valence-electron chi connectivity index (χ3n) is 4.27. The first-order valence-electron chi connectivity index (χ1n) is 8.97. The topological polar surface area (TPSA) is 49.8 Å². The molecule has 0 bridgehead atoms. The number of hydrogen-bond acceptors (Lipinski definition) is 6. The van der Waals surface area contributed by atoms with Crippen molar-refractivity contribution in [2.24, 2.45) is 5.10 Å². The van der Waals surface area contributed by atoms with Crippen LogP contribution < -0.4 is 15.1 Å². The van der Waals surface area contributed by atoms with E-state index in [2.05, 4.69) is 58.5 Å². The Labute approximate surface area is 164 Å². The Morgan fingerprint density at radius 2 is 1.93 bits per heavy atom. The molecule has 0 saturated carbocycles. The summed E-state index contributed by atoms with van der Waals surface area (Å²) in [5.74, 6) is 0.821. The zero-order valence-corrected chi connectivity index (χ0v) is 16.7. The molecule has 0 atom stereocenters. The van der Waals surface area contributed by atoms with Crippen LogP contribution in [0.2, 0.25) is 0 Å². The van der Waals surface area contributed by atoms with Gasteiger partial charge in [-0.25, -0.2) is 4.98 Å². The Hall–Kier alpha value is -2.86. The van der Waals surface area contributed by atoms with Crippen LogP contribution in [0.1, 0.15) is 19.4 Å². The van der Waals surface area contributed by atoms with E-state index in [0.29, 0.717) is 0 Å². The zero-order chi connectivity index (χ0) is 19.1. The molecule has 2 aromatic carbocycles. The fourth-order valence-corrected chi connectivity index (χ4v) is 3.43. The van der Waals surface area contributed by atoms with Crippen LogP contribution in [-0.4, -0.2) is 31.4 Å². The van der Waals surface area contributed by atoms with Crippen LogP contribution in [-0.2, 0) is 0 Å². The lowest BCUT2D eigenvalue weighted by Crippen LogP contribution is -2.21. The van der Waals surface area contributed by atoms with E-state index < -0.39 is 0 Å². The molecule has 27 heavy (non-hydrogen) atoms. The molecule has 140 valence electrons. The molecule has 0 radical (unpaired) electrons. The average Bonchev–Trinajstić information content (AvgIpc) is 3.19. The number of anilines is 2. The lowest BCUT2D eigenvalue weighted by molar-refractivity contribution is 0.415. The van der Waals surface area contributed by atoms with Crippen LogP contribution in [0.15, 0.2) is 59.0 Å². The third kappa shape index (κ3) is 4.86. The first-order chi connectivity index (χ1) is 13.2. The van der Waals surface area contributed by atoms with Gasteiger partial charge in [0.2, 0.25) is 5.13 Å². The van der Waals surface area contributed by atoms with Gasteiger partial charge >= 0.3 is 0 Å². The highest BCUT2D eigenvalue weighted by Crippen LogP contribution is 2.27. The van der Waals surface area contributed by atoms with Crippen molar-refractivity contribution in [1.82, 2.24) is 4.98 Å². The fourth-order valence-electron chi connectivity index (χ4n) is 2.76. The van der Waals surface area contributed by atoms with Gasteiger partial charge < -0.3 is 9.64 Å². The van der Waals surface area contributed by atoms with Crippen LogP contribution in [0.5, 0.6) is 5.75 Å². The van der Waals surface area contributed by atoms with Gasteiger partial charge in [-0.3, -0.25) is 5.43 Å². The van der Waals surface area contributed by atoms with Gasteiger partial charge in [0, 0.05) is 29.7 Å². The minimum Gasteiger partial charge on any atom is -0.497 e. The van der Waals surface area contributed by atoms with Gasteiger partial charge in [0.05, 0.1) is 19.0 Å². The van der Waals surface area contributed by atoms with E-state index >= 15 is 0 Å². The largest absolute Gasteiger partial charge is 0.497 e. The minimum absolute atomic E-state index is 0.754. The minimum atomic E-state index is 0.754. The van der Waals surface area contributed by atoms with Crippen molar-refractivity contribution in [1.29, 1.82) is 0 Å². The lowest BCUT2D eigenvalue weighted by atomic mass is 10.2. The van der Waals surface area contributed by atoms with Crippen molar-refractivity contribution >= 4 is 28.4 Å². The molecule has 0 aliphatic rings. The van der Waals surface area contributed by atoms with Gasteiger partial charge in [0.15, 0.2) is 0 Å². The van der Waals surface area contributed by atoms with Gasteiger partial charge in [-0.15, -0.1) is 11.3 Å². The molecule has 6 heteroatoms. The quantitative estimate of drug-likeness (QED) is 0.436. The average molecular weight is 381 g/mol. The highest BCUT2D eigenvalue weighted by atomic mass is 32.1. The van der Waals surface area contributed by atoms with E-state index in [1.165, 1.54) is 17.0 Å². The molecule has 0 aliphatic carbocycles. The summed E-state index contributed by atoms with van der Waals surface area (Å²) in [6.45, 7) is 6.34. The van der Waals surface area contributed by atoms with Crippen LogP contribution in [0.3, 0.4) is 0 Å². The number of methoxy groups -OCH3 is 1. The molecule has 5 nitrogen and oxygen atoms in total. The number of rotatable bonds is 8. The Morgan fingerprint density at radius 1 is 1.15 bits per heavy atom. The second-order valence-corrected chi connectivity index (χ2v) is 6.76. The first-order valence-corrected chi connectivity index (χ1v) is 9.85. The van der Waals surface area contributed by atoms with E-state index in [0.717, 1.165) is 40.8 Å². The van der Waals surface area contributed by atoms with Crippen LogP contribution in [0.25, 0.3) is 11.3 Å². The van der Waals surface area contributed by atoms with Gasteiger partial charge in [-0.05, 0) is 43.7 Å². The number of ether oxygens (including phenoxy) is 1. The monoisotopic (exact) mass is 380 g/mol. The summed E-state index contributed by atoms with van der Waals surface area (Å²) in [4.78, 5) is 6.89. The van der Waals surface area contributed by atoms with Gasteiger partial charge in [-0.1, -0.05) is 24.3 Å². The maximum absolute atomic E-state index is 5.27. The summed E-state index contributed by atoms with van der Waals surface area (Å²) in [5, 5.41) is 7.06. The van der Waals surface area contributed by atoms with E-state index in [1.807, 2.05) is 29.6 Å². The van der Waals surface area contributed by atoms with Crippen LogP contribution >= 0.6 is 11.3 Å². The van der Waals surface area contributed by atoms with Gasteiger partial charge in [0.25, 0.3) is 0 Å². The first kappa shape index (κ1) is 18.9. The molecule has 0 spiro atoms. The summed E-state index contributed by atoms with van der Waals surface area (Å²) in [6.07, 6.45) is 1.80. The molecule has 0 amide bonds. The zero-order valence-electron chi connectivity index (χ0n) is 15.8. The molecule has 3 rings (SSSR count). The number of thiazole rings is 1. The third-order valence-corrected chi connectivity index (χ3v) is 5.01.